The van der Waals surface area contributed by atoms with E-state index in [1.165, 1.54) is 60.3 Å². The van der Waals surface area contributed by atoms with Gasteiger partial charge >= 0.3 is 11.9 Å². The summed E-state index contributed by atoms with van der Waals surface area (Å²) >= 11 is 1.37. The second-order valence-corrected chi connectivity index (χ2v) is 12.8. The van der Waals surface area contributed by atoms with Gasteiger partial charge in [0.2, 0.25) is 0 Å². The van der Waals surface area contributed by atoms with Crippen molar-refractivity contribution in [3.05, 3.63) is 106 Å². The zero-order valence-corrected chi connectivity index (χ0v) is 25.8. The van der Waals surface area contributed by atoms with Crippen LogP contribution in [0.4, 0.5) is 5.69 Å². The third-order valence-corrected chi connectivity index (χ3v) is 7.34. The van der Waals surface area contributed by atoms with E-state index in [2.05, 4.69) is 0 Å². The highest BCUT2D eigenvalue weighted by Gasteiger charge is 2.34. The molecule has 0 aliphatic carbocycles. The van der Waals surface area contributed by atoms with Gasteiger partial charge in [0.25, 0.3) is 0 Å². The Kier molecular flexibility index (Phi) is 8.78. The van der Waals surface area contributed by atoms with Gasteiger partial charge in [-0.1, -0.05) is 48.2 Å². The summed E-state index contributed by atoms with van der Waals surface area (Å²) in [6.07, 6.45) is 0. The molecule has 7 nitrogen and oxygen atoms in total. The number of carbonyl (C=O) groups is 4. The maximum atomic E-state index is 14.1. The molecule has 218 valence electrons. The minimum Gasteiger partial charge on any atom is -0.456 e. The molecule has 1 aliphatic heterocycles. The minimum atomic E-state index is -0.660. The number of anilines is 1. The summed E-state index contributed by atoms with van der Waals surface area (Å²) in [4.78, 5) is 56.1. The Bertz CT molecular complexity index is 1470. The van der Waals surface area contributed by atoms with E-state index < -0.39 is 34.7 Å². The lowest BCUT2D eigenvalue weighted by Gasteiger charge is -2.21. The Morgan fingerprint density at radius 3 is 1.45 bits per heavy atom. The number of thioether (sulfide) groups is 1. The van der Waals surface area contributed by atoms with E-state index in [0.717, 1.165) is 10.6 Å². The molecule has 0 N–H and O–H groups in total. The van der Waals surface area contributed by atoms with Crippen LogP contribution in [0.15, 0.2) is 88.3 Å². The SMILES string of the molecule is CCN1C(=C(C(=O)c2ccc(C(=O)OC(C)(C)C)cc2)C(=O)c2ccc(C(=O)OC(C)(C)C)cc2)Sc2ccccc21. The standard InChI is InChI=1S/C34H35NO6S/c1-8-35-25-11-9-10-12-26(25)42-30(35)27(28(36)21-13-17-23(18-14-21)31(38)40-33(2,3)4)29(37)22-15-19-24(20-16-22)32(39)41-34(5,6)7/h9-20H,8H2,1-7H3. The molecule has 0 saturated carbocycles. The first kappa shape index (κ1) is 30.8. The number of hydrogen-bond donors (Lipinski definition) is 0. The van der Waals surface area contributed by atoms with Crippen molar-refractivity contribution in [1.29, 1.82) is 0 Å². The summed E-state index contributed by atoms with van der Waals surface area (Å²) in [5, 5.41) is 0.529. The molecular formula is C34H35NO6S. The van der Waals surface area contributed by atoms with Gasteiger partial charge in [-0.25, -0.2) is 9.59 Å². The highest BCUT2D eigenvalue weighted by molar-refractivity contribution is 8.03. The minimum absolute atomic E-state index is 0.00749. The van der Waals surface area contributed by atoms with Crippen molar-refractivity contribution in [2.75, 3.05) is 11.4 Å². The molecule has 0 bridgehead atoms. The van der Waals surface area contributed by atoms with Gasteiger partial charge in [0.15, 0.2) is 11.6 Å². The lowest BCUT2D eigenvalue weighted by Crippen LogP contribution is -2.25. The Balaban J connectivity index is 1.74. The number of allylic oxidation sites excluding steroid dienone is 1. The van der Waals surface area contributed by atoms with Crippen LogP contribution in [0.3, 0.4) is 0 Å². The summed E-state index contributed by atoms with van der Waals surface area (Å²) in [7, 11) is 0. The Morgan fingerprint density at radius 2 is 1.05 bits per heavy atom. The first-order chi connectivity index (χ1) is 19.7. The molecule has 0 unspecified atom stereocenters. The number of esters is 2. The predicted octanol–water partition coefficient (Wildman–Crippen LogP) is 7.51. The molecule has 0 amide bonds. The third-order valence-electron chi connectivity index (χ3n) is 6.16. The van der Waals surface area contributed by atoms with Crippen LogP contribution in [0, 0.1) is 0 Å². The molecule has 0 fully saturated rings. The van der Waals surface area contributed by atoms with Gasteiger partial charge in [0, 0.05) is 22.6 Å². The number of benzene rings is 3. The number of Topliss-reactive ketones (excluding diaryl/α,β-unsaturated/α-hetero) is 2. The molecule has 0 aromatic heterocycles. The van der Waals surface area contributed by atoms with E-state index >= 15 is 0 Å². The summed E-state index contributed by atoms with van der Waals surface area (Å²) in [6.45, 7) is 13.2. The number of nitrogens with zero attached hydrogens (tertiary/aromatic N) is 1. The molecule has 3 aromatic rings. The predicted molar refractivity (Wildman–Crippen MR) is 164 cm³/mol. The first-order valence-electron chi connectivity index (χ1n) is 13.7. The zero-order valence-electron chi connectivity index (χ0n) is 24.9. The maximum absolute atomic E-state index is 14.1. The van der Waals surface area contributed by atoms with Gasteiger partial charge in [0.1, 0.15) is 16.8 Å². The molecule has 0 radical (unpaired) electrons. The fraction of sp³-hybridized carbons (Fsp3) is 0.294. The van der Waals surface area contributed by atoms with Crippen LogP contribution >= 0.6 is 11.8 Å². The van der Waals surface area contributed by atoms with Gasteiger partial charge in [0.05, 0.1) is 21.8 Å². The monoisotopic (exact) mass is 585 g/mol. The van der Waals surface area contributed by atoms with Gasteiger partial charge in [-0.2, -0.15) is 0 Å². The average molecular weight is 586 g/mol. The molecule has 1 heterocycles. The van der Waals surface area contributed by atoms with Crippen molar-refractivity contribution in [2.24, 2.45) is 0 Å². The van der Waals surface area contributed by atoms with Crippen LogP contribution in [0.5, 0.6) is 0 Å². The second kappa shape index (κ2) is 12.0. The summed E-state index contributed by atoms with van der Waals surface area (Å²) in [5.41, 5.74) is 0.731. The number of ether oxygens (including phenoxy) is 2. The van der Waals surface area contributed by atoms with E-state index in [9.17, 15) is 19.2 Å². The van der Waals surface area contributed by atoms with Crippen LogP contribution in [-0.4, -0.2) is 41.3 Å². The highest BCUT2D eigenvalue weighted by atomic mass is 32.2. The molecule has 42 heavy (non-hydrogen) atoms. The van der Waals surface area contributed by atoms with Crippen molar-refractivity contribution in [3.8, 4) is 0 Å². The van der Waals surface area contributed by atoms with E-state index in [1.807, 2.05) is 36.1 Å². The number of hydrogen-bond acceptors (Lipinski definition) is 8. The normalized spacial score (nSPS) is 12.9. The topological polar surface area (TPSA) is 90.0 Å². The van der Waals surface area contributed by atoms with Crippen LogP contribution < -0.4 is 4.90 Å². The lowest BCUT2D eigenvalue weighted by molar-refractivity contribution is 0.00570. The zero-order chi connectivity index (χ0) is 30.8. The molecule has 0 saturated heterocycles. The molecule has 8 heteroatoms. The summed E-state index contributed by atoms with van der Waals surface area (Å²) in [6, 6.07) is 20.0. The molecule has 4 rings (SSSR count). The molecule has 0 spiro atoms. The first-order valence-corrected chi connectivity index (χ1v) is 14.5. The van der Waals surface area contributed by atoms with Gasteiger partial charge < -0.3 is 14.4 Å². The van der Waals surface area contributed by atoms with Crippen molar-refractivity contribution < 1.29 is 28.7 Å². The third kappa shape index (κ3) is 6.99. The highest BCUT2D eigenvalue weighted by Crippen LogP contribution is 2.47. The van der Waals surface area contributed by atoms with E-state index in [1.54, 1.807) is 41.5 Å². The van der Waals surface area contributed by atoms with E-state index in [-0.39, 0.29) is 16.7 Å². The summed E-state index contributed by atoms with van der Waals surface area (Å²) < 4.78 is 10.9. The smallest absolute Gasteiger partial charge is 0.338 e. The molecule has 3 aromatic carbocycles. The van der Waals surface area contributed by atoms with Gasteiger partial charge in [-0.15, -0.1) is 0 Å². The van der Waals surface area contributed by atoms with Gasteiger partial charge in [-0.3, -0.25) is 9.59 Å². The van der Waals surface area contributed by atoms with Crippen LogP contribution in [0.1, 0.15) is 89.9 Å². The number of fused-ring (bicyclic) bond motifs is 1. The second-order valence-electron chi connectivity index (χ2n) is 11.8. The molecule has 0 atom stereocenters. The quantitative estimate of drug-likeness (QED) is 0.0925. The molecule has 1 aliphatic rings. The Labute approximate surface area is 250 Å². The number of ketones is 2. The van der Waals surface area contributed by atoms with E-state index in [4.69, 9.17) is 9.47 Å². The Morgan fingerprint density at radius 1 is 0.643 bits per heavy atom. The van der Waals surface area contributed by atoms with Crippen LogP contribution in [-0.2, 0) is 9.47 Å². The lowest BCUT2D eigenvalue weighted by atomic mass is 9.95. The maximum Gasteiger partial charge on any atom is 0.338 e. The van der Waals surface area contributed by atoms with Crippen molar-refractivity contribution in [2.45, 2.75) is 64.6 Å². The number of carbonyl (C=O) groups excluding carboxylic acids is 4. The van der Waals surface area contributed by atoms with Crippen molar-refractivity contribution >= 4 is 41.0 Å². The van der Waals surface area contributed by atoms with Crippen LogP contribution in [0.25, 0.3) is 0 Å². The largest absolute Gasteiger partial charge is 0.456 e. The van der Waals surface area contributed by atoms with Crippen molar-refractivity contribution in [3.63, 3.8) is 0 Å². The van der Waals surface area contributed by atoms with Gasteiger partial charge in [-0.05, 0) is 84.9 Å². The van der Waals surface area contributed by atoms with Crippen LogP contribution in [0.2, 0.25) is 0 Å². The Hall–Kier alpha value is -4.17. The average Bonchev–Trinajstić information content (AvgIpc) is 3.29. The number of rotatable bonds is 7. The van der Waals surface area contributed by atoms with Crippen molar-refractivity contribution in [1.82, 2.24) is 0 Å². The molecular weight excluding hydrogens is 550 g/mol. The summed E-state index contributed by atoms with van der Waals surface area (Å²) in [5.74, 6) is -1.94. The number of para-hydroxylation sites is 1. The van der Waals surface area contributed by atoms with E-state index in [0.29, 0.717) is 22.7 Å². The fourth-order valence-corrected chi connectivity index (χ4v) is 5.57. The fourth-order valence-electron chi connectivity index (χ4n) is 4.31.